The molecule has 4 N–H and O–H groups in total. The van der Waals surface area contributed by atoms with Gasteiger partial charge in [-0.25, -0.2) is 9.59 Å². The Morgan fingerprint density at radius 2 is 1.93 bits per heavy atom. The number of nitrogen functional groups attached to an aromatic ring is 1. The Hall–Kier alpha value is -3.22. The van der Waals surface area contributed by atoms with E-state index >= 15 is 0 Å². The number of nitrogens with one attached hydrogen (secondary N) is 1. The molecule has 2 aromatic rings. The van der Waals surface area contributed by atoms with Gasteiger partial charge in [-0.1, -0.05) is 0 Å². The van der Waals surface area contributed by atoms with E-state index in [0.29, 0.717) is 23.4 Å². The number of nitrogens with two attached hydrogens (primary N) is 1. The van der Waals surface area contributed by atoms with E-state index in [1.807, 2.05) is 13.8 Å². The van der Waals surface area contributed by atoms with E-state index < -0.39 is 11.9 Å². The number of hydrogen-bond acceptors (Lipinski definition) is 6. The van der Waals surface area contributed by atoms with Crippen molar-refractivity contribution in [1.29, 1.82) is 0 Å². The average Bonchev–Trinajstić information content (AvgIpc) is 2.62. The first-order valence-electron chi connectivity index (χ1n) is 8.78. The van der Waals surface area contributed by atoms with Crippen LogP contribution in [0.25, 0.3) is 0 Å². The number of carboxylic acid groups (broad SMARTS) is 1. The molecule has 0 unspecified atom stereocenters. The van der Waals surface area contributed by atoms with Crippen LogP contribution in [0.15, 0.2) is 30.3 Å². The molecule has 7 nitrogen and oxygen atoms in total. The fourth-order valence-electron chi connectivity index (χ4n) is 3.08. The number of aromatic carboxylic acids is 1. The summed E-state index contributed by atoms with van der Waals surface area (Å²) in [5.41, 5.74) is 7.73. The summed E-state index contributed by atoms with van der Waals surface area (Å²) in [6.45, 7) is 4.46. The average molecular weight is 370 g/mol. The first kappa shape index (κ1) is 18.6. The maximum Gasteiger partial charge on any atom is 0.347 e. The lowest BCUT2D eigenvalue weighted by atomic mass is 9.97. The molecule has 27 heavy (non-hydrogen) atoms. The smallest absolute Gasteiger partial charge is 0.347 e. The third-order valence-electron chi connectivity index (χ3n) is 4.20. The predicted molar refractivity (Wildman–Crippen MR) is 102 cm³/mol. The highest BCUT2D eigenvalue weighted by molar-refractivity contribution is 5.99. The van der Waals surface area contributed by atoms with Gasteiger partial charge in [-0.3, -0.25) is 0 Å². The standard InChI is InChI=1S/C20H22N2O5/c1-11(2)26-16-7-5-12(21)10-14(16)20(25)27-17-8-6-15-13(4-3-9-22-15)18(17)19(23)24/h5-8,10-11,22H,3-4,9,21H2,1-2H3,(H,23,24). The molecule has 2 aromatic carbocycles. The molecule has 0 aromatic heterocycles. The fourth-order valence-corrected chi connectivity index (χ4v) is 3.08. The van der Waals surface area contributed by atoms with Gasteiger partial charge in [-0.05, 0) is 62.6 Å². The number of ether oxygens (including phenoxy) is 2. The molecule has 0 amide bonds. The molecule has 0 aliphatic carbocycles. The zero-order valence-electron chi connectivity index (χ0n) is 15.2. The molecule has 142 valence electrons. The molecule has 0 bridgehead atoms. The lowest BCUT2D eigenvalue weighted by Crippen LogP contribution is -2.19. The topological polar surface area (TPSA) is 111 Å². The number of carboxylic acids is 1. The van der Waals surface area contributed by atoms with Crippen molar-refractivity contribution >= 4 is 23.3 Å². The highest BCUT2D eigenvalue weighted by Crippen LogP contribution is 2.33. The molecule has 1 heterocycles. The summed E-state index contributed by atoms with van der Waals surface area (Å²) in [6.07, 6.45) is 1.27. The Morgan fingerprint density at radius 1 is 1.19 bits per heavy atom. The number of anilines is 2. The third kappa shape index (κ3) is 3.97. The molecule has 0 spiro atoms. The maximum atomic E-state index is 12.7. The van der Waals surface area contributed by atoms with Crippen LogP contribution in [0.3, 0.4) is 0 Å². The lowest BCUT2D eigenvalue weighted by Gasteiger charge is -2.21. The minimum absolute atomic E-state index is 0.00304. The Bertz CT molecular complexity index is 892. The van der Waals surface area contributed by atoms with Crippen LogP contribution in [0.4, 0.5) is 11.4 Å². The number of benzene rings is 2. The summed E-state index contributed by atoms with van der Waals surface area (Å²) in [7, 11) is 0. The number of esters is 1. The lowest BCUT2D eigenvalue weighted by molar-refractivity contribution is 0.0679. The molecule has 7 heteroatoms. The van der Waals surface area contributed by atoms with Crippen LogP contribution in [0.1, 0.15) is 46.5 Å². The van der Waals surface area contributed by atoms with Gasteiger partial charge in [0.2, 0.25) is 0 Å². The Morgan fingerprint density at radius 3 is 2.63 bits per heavy atom. The summed E-state index contributed by atoms with van der Waals surface area (Å²) in [5, 5.41) is 12.8. The Kier molecular flexibility index (Phi) is 5.21. The summed E-state index contributed by atoms with van der Waals surface area (Å²) >= 11 is 0. The van der Waals surface area contributed by atoms with Crippen LogP contribution >= 0.6 is 0 Å². The largest absolute Gasteiger partial charge is 0.490 e. The second kappa shape index (κ2) is 7.57. The second-order valence-corrected chi connectivity index (χ2v) is 6.61. The van der Waals surface area contributed by atoms with E-state index in [-0.39, 0.29) is 23.0 Å². The molecule has 1 aliphatic heterocycles. The van der Waals surface area contributed by atoms with E-state index in [9.17, 15) is 14.7 Å². The van der Waals surface area contributed by atoms with Crippen LogP contribution in [-0.2, 0) is 6.42 Å². The number of carbonyl (C=O) groups is 2. The summed E-state index contributed by atoms with van der Waals surface area (Å²) in [5.74, 6) is -1.51. The first-order chi connectivity index (χ1) is 12.9. The van der Waals surface area contributed by atoms with E-state index in [1.165, 1.54) is 12.1 Å². The van der Waals surface area contributed by atoms with E-state index in [1.54, 1.807) is 18.2 Å². The number of hydrogen-bond donors (Lipinski definition) is 3. The summed E-state index contributed by atoms with van der Waals surface area (Å²) < 4.78 is 11.1. The number of fused-ring (bicyclic) bond motifs is 1. The highest BCUT2D eigenvalue weighted by atomic mass is 16.5. The van der Waals surface area contributed by atoms with E-state index in [0.717, 1.165) is 18.7 Å². The van der Waals surface area contributed by atoms with Gasteiger partial charge >= 0.3 is 11.9 Å². The SMILES string of the molecule is CC(C)Oc1ccc(N)cc1C(=O)Oc1ccc2c(c1C(=O)O)CCCN2. The predicted octanol–water partition coefficient (Wildman–Crippen LogP) is 3.33. The fraction of sp³-hybridized carbons (Fsp3) is 0.300. The van der Waals surface area contributed by atoms with Crippen molar-refractivity contribution in [3.8, 4) is 11.5 Å². The van der Waals surface area contributed by atoms with Crippen molar-refractivity contribution in [2.24, 2.45) is 0 Å². The molecule has 0 radical (unpaired) electrons. The van der Waals surface area contributed by atoms with Crippen LogP contribution < -0.4 is 20.5 Å². The maximum absolute atomic E-state index is 12.7. The molecule has 0 fully saturated rings. The van der Waals surface area contributed by atoms with Gasteiger partial charge < -0.3 is 25.6 Å². The van der Waals surface area contributed by atoms with Crippen molar-refractivity contribution in [1.82, 2.24) is 0 Å². The zero-order valence-corrected chi connectivity index (χ0v) is 15.2. The molecular formula is C20H22N2O5. The third-order valence-corrected chi connectivity index (χ3v) is 4.20. The van der Waals surface area contributed by atoms with Crippen molar-refractivity contribution in [2.45, 2.75) is 32.8 Å². The Labute approximate surface area is 157 Å². The molecule has 0 saturated heterocycles. The molecule has 1 aliphatic rings. The van der Waals surface area contributed by atoms with Gasteiger partial charge in [0.1, 0.15) is 22.6 Å². The highest BCUT2D eigenvalue weighted by Gasteiger charge is 2.25. The number of rotatable bonds is 5. The van der Waals surface area contributed by atoms with Crippen LogP contribution in [0.5, 0.6) is 11.5 Å². The van der Waals surface area contributed by atoms with E-state index in [2.05, 4.69) is 5.32 Å². The number of carbonyl (C=O) groups excluding carboxylic acids is 1. The first-order valence-corrected chi connectivity index (χ1v) is 8.78. The van der Waals surface area contributed by atoms with Gasteiger partial charge in [-0.15, -0.1) is 0 Å². The van der Waals surface area contributed by atoms with Gasteiger partial charge in [0.25, 0.3) is 0 Å². The zero-order chi connectivity index (χ0) is 19.6. The second-order valence-electron chi connectivity index (χ2n) is 6.61. The molecular weight excluding hydrogens is 348 g/mol. The summed E-state index contributed by atoms with van der Waals surface area (Å²) in [4.78, 5) is 24.6. The van der Waals surface area contributed by atoms with Gasteiger partial charge in [0.05, 0.1) is 6.10 Å². The summed E-state index contributed by atoms with van der Waals surface area (Å²) in [6, 6.07) is 7.91. The normalized spacial score (nSPS) is 12.9. The van der Waals surface area contributed by atoms with Gasteiger partial charge in [-0.2, -0.15) is 0 Å². The molecule has 3 rings (SSSR count). The quantitative estimate of drug-likeness (QED) is 0.420. The monoisotopic (exact) mass is 370 g/mol. The van der Waals surface area contributed by atoms with Crippen molar-refractivity contribution in [3.63, 3.8) is 0 Å². The van der Waals surface area contributed by atoms with Gasteiger partial charge in [0.15, 0.2) is 0 Å². The minimum Gasteiger partial charge on any atom is -0.490 e. The van der Waals surface area contributed by atoms with Gasteiger partial charge in [0, 0.05) is 17.9 Å². The molecule has 0 saturated carbocycles. The van der Waals surface area contributed by atoms with Crippen LogP contribution in [0.2, 0.25) is 0 Å². The molecule has 0 atom stereocenters. The van der Waals surface area contributed by atoms with Crippen molar-refractivity contribution < 1.29 is 24.2 Å². The van der Waals surface area contributed by atoms with Crippen LogP contribution in [0, 0.1) is 0 Å². The van der Waals surface area contributed by atoms with E-state index in [4.69, 9.17) is 15.2 Å². The Balaban J connectivity index is 1.97. The van der Waals surface area contributed by atoms with Crippen molar-refractivity contribution in [3.05, 3.63) is 47.0 Å². The van der Waals surface area contributed by atoms with Crippen molar-refractivity contribution in [2.75, 3.05) is 17.6 Å². The minimum atomic E-state index is -1.13. The van der Waals surface area contributed by atoms with Crippen LogP contribution in [-0.4, -0.2) is 29.7 Å².